The number of amides is 1. The monoisotopic (exact) mass is 294 g/mol. The maximum atomic E-state index is 12.4. The average Bonchev–Trinajstić information content (AvgIpc) is 2.54. The minimum absolute atomic E-state index is 0.0567. The first-order valence-corrected chi connectivity index (χ1v) is 9.27. The summed E-state index contributed by atoms with van der Waals surface area (Å²) in [6.07, 6.45) is 14.1. The Kier molecular flexibility index (Phi) is 7.01. The van der Waals surface area contributed by atoms with Crippen LogP contribution in [-0.4, -0.2) is 24.0 Å². The highest BCUT2D eigenvalue weighted by atomic mass is 16.2. The van der Waals surface area contributed by atoms with Crippen molar-refractivity contribution in [1.82, 2.24) is 10.6 Å². The van der Waals surface area contributed by atoms with Crippen molar-refractivity contribution >= 4 is 5.91 Å². The highest BCUT2D eigenvalue weighted by Gasteiger charge is 2.26. The largest absolute Gasteiger partial charge is 0.352 e. The topological polar surface area (TPSA) is 41.1 Å². The van der Waals surface area contributed by atoms with E-state index in [-0.39, 0.29) is 11.9 Å². The molecular formula is C18H34N2O. The molecule has 0 bridgehead atoms. The van der Waals surface area contributed by atoms with Crippen LogP contribution in [0.2, 0.25) is 0 Å². The van der Waals surface area contributed by atoms with Crippen LogP contribution in [-0.2, 0) is 4.79 Å². The number of carbonyl (C=O) groups excluding carboxylic acids is 1. The van der Waals surface area contributed by atoms with Crippen molar-refractivity contribution in [3.05, 3.63) is 0 Å². The molecule has 2 saturated carbocycles. The molecule has 0 aliphatic heterocycles. The van der Waals surface area contributed by atoms with Gasteiger partial charge in [0.2, 0.25) is 5.91 Å². The van der Waals surface area contributed by atoms with Crippen LogP contribution in [0.25, 0.3) is 0 Å². The lowest BCUT2D eigenvalue weighted by Crippen LogP contribution is -2.51. The molecule has 0 heterocycles. The van der Waals surface area contributed by atoms with Gasteiger partial charge in [0.15, 0.2) is 0 Å². The number of rotatable bonds is 6. The van der Waals surface area contributed by atoms with Crippen LogP contribution in [0.5, 0.6) is 0 Å². The van der Waals surface area contributed by atoms with E-state index in [1.54, 1.807) is 0 Å². The third kappa shape index (κ3) is 5.28. The van der Waals surface area contributed by atoms with Gasteiger partial charge in [-0.3, -0.25) is 4.79 Å². The first-order valence-electron chi connectivity index (χ1n) is 9.27. The van der Waals surface area contributed by atoms with Gasteiger partial charge >= 0.3 is 0 Å². The molecule has 0 aromatic rings. The van der Waals surface area contributed by atoms with Crippen molar-refractivity contribution in [3.63, 3.8) is 0 Å². The molecule has 0 saturated heterocycles. The van der Waals surface area contributed by atoms with Gasteiger partial charge in [0.1, 0.15) is 0 Å². The third-order valence-corrected chi connectivity index (χ3v) is 5.47. The van der Waals surface area contributed by atoms with Crippen LogP contribution >= 0.6 is 0 Å². The Morgan fingerprint density at radius 2 is 1.57 bits per heavy atom. The van der Waals surface area contributed by atoms with Crippen LogP contribution in [0, 0.1) is 5.92 Å². The summed E-state index contributed by atoms with van der Waals surface area (Å²) in [6, 6.07) is 0.876. The average molecular weight is 294 g/mol. The van der Waals surface area contributed by atoms with Crippen LogP contribution < -0.4 is 10.6 Å². The Bertz CT molecular complexity index is 306. The van der Waals surface area contributed by atoms with E-state index in [0.717, 1.165) is 25.2 Å². The number of carbonyl (C=O) groups is 1. The molecule has 2 aliphatic rings. The van der Waals surface area contributed by atoms with E-state index in [4.69, 9.17) is 0 Å². The molecule has 2 unspecified atom stereocenters. The number of hydrogen-bond donors (Lipinski definition) is 2. The summed E-state index contributed by atoms with van der Waals surface area (Å²) in [5.74, 6) is 0.977. The maximum absolute atomic E-state index is 12.4. The Balaban J connectivity index is 1.77. The third-order valence-electron chi connectivity index (χ3n) is 5.47. The summed E-state index contributed by atoms with van der Waals surface area (Å²) in [6.45, 7) is 4.28. The van der Waals surface area contributed by atoms with Crippen LogP contribution in [0.1, 0.15) is 84.5 Å². The van der Waals surface area contributed by atoms with Crippen molar-refractivity contribution < 1.29 is 4.79 Å². The summed E-state index contributed by atoms with van der Waals surface area (Å²) in [5, 5.41) is 6.86. The quantitative estimate of drug-likeness (QED) is 0.783. The van der Waals surface area contributed by atoms with Gasteiger partial charge in [-0.15, -0.1) is 0 Å². The summed E-state index contributed by atoms with van der Waals surface area (Å²) in [4.78, 5) is 12.4. The molecule has 2 aliphatic carbocycles. The predicted molar refractivity (Wildman–Crippen MR) is 88.3 cm³/mol. The second kappa shape index (κ2) is 8.77. The van der Waals surface area contributed by atoms with Gasteiger partial charge < -0.3 is 10.6 Å². The Hall–Kier alpha value is -0.570. The Morgan fingerprint density at radius 1 is 1.00 bits per heavy atom. The SMILES string of the molecule is CCC(NC(C)C(=O)NC1CCCCC1)C1CCCCC1. The Morgan fingerprint density at radius 3 is 2.14 bits per heavy atom. The van der Waals surface area contributed by atoms with E-state index in [1.165, 1.54) is 51.4 Å². The molecule has 0 spiro atoms. The van der Waals surface area contributed by atoms with Crippen LogP contribution in [0.15, 0.2) is 0 Å². The zero-order valence-corrected chi connectivity index (χ0v) is 14.0. The molecule has 3 heteroatoms. The van der Waals surface area contributed by atoms with E-state index in [1.807, 2.05) is 6.92 Å². The van der Waals surface area contributed by atoms with E-state index in [9.17, 15) is 4.79 Å². The fourth-order valence-electron chi connectivity index (χ4n) is 4.09. The van der Waals surface area contributed by atoms with E-state index < -0.39 is 0 Å². The maximum Gasteiger partial charge on any atom is 0.237 e. The summed E-state index contributed by atoms with van der Waals surface area (Å²) >= 11 is 0. The van der Waals surface area contributed by atoms with Gasteiger partial charge in [-0.1, -0.05) is 45.4 Å². The summed E-state index contributed by atoms with van der Waals surface area (Å²) < 4.78 is 0. The lowest BCUT2D eigenvalue weighted by molar-refractivity contribution is -0.124. The molecule has 2 atom stereocenters. The summed E-state index contributed by atoms with van der Waals surface area (Å²) in [7, 11) is 0. The zero-order chi connectivity index (χ0) is 15.1. The van der Waals surface area contributed by atoms with E-state index in [0.29, 0.717) is 12.1 Å². The van der Waals surface area contributed by atoms with Gasteiger partial charge in [0, 0.05) is 12.1 Å². The van der Waals surface area contributed by atoms with Gasteiger partial charge in [-0.05, 0) is 44.9 Å². The number of nitrogens with one attached hydrogen (secondary N) is 2. The molecule has 3 nitrogen and oxygen atoms in total. The van der Waals surface area contributed by atoms with Crippen LogP contribution in [0.3, 0.4) is 0 Å². The molecule has 0 radical (unpaired) electrons. The van der Waals surface area contributed by atoms with Gasteiger partial charge in [-0.25, -0.2) is 0 Å². The second-order valence-corrected chi connectivity index (χ2v) is 7.14. The van der Waals surface area contributed by atoms with Crippen molar-refractivity contribution in [2.24, 2.45) is 5.92 Å². The fraction of sp³-hybridized carbons (Fsp3) is 0.944. The molecule has 2 N–H and O–H groups in total. The van der Waals surface area contributed by atoms with Crippen molar-refractivity contribution in [3.8, 4) is 0 Å². The normalized spacial score (nSPS) is 24.5. The zero-order valence-electron chi connectivity index (χ0n) is 14.0. The standard InChI is InChI=1S/C18H34N2O/c1-3-17(15-10-6-4-7-11-15)19-14(2)18(21)20-16-12-8-5-9-13-16/h14-17,19H,3-13H2,1-2H3,(H,20,21). The first-order chi connectivity index (χ1) is 10.2. The smallest absolute Gasteiger partial charge is 0.237 e. The molecule has 0 aromatic carbocycles. The highest BCUT2D eigenvalue weighted by Crippen LogP contribution is 2.28. The van der Waals surface area contributed by atoms with Gasteiger partial charge in [0.25, 0.3) is 0 Å². The second-order valence-electron chi connectivity index (χ2n) is 7.14. The first kappa shape index (κ1) is 16.8. The van der Waals surface area contributed by atoms with E-state index in [2.05, 4.69) is 17.6 Å². The lowest BCUT2D eigenvalue weighted by atomic mass is 9.82. The van der Waals surface area contributed by atoms with Crippen molar-refractivity contribution in [2.45, 2.75) is 103 Å². The Labute approximate surface area is 130 Å². The van der Waals surface area contributed by atoms with Crippen LogP contribution in [0.4, 0.5) is 0 Å². The highest BCUT2D eigenvalue weighted by molar-refractivity contribution is 5.81. The molecule has 0 aromatic heterocycles. The van der Waals surface area contributed by atoms with Crippen molar-refractivity contribution in [1.29, 1.82) is 0 Å². The molecule has 1 amide bonds. The molecule has 2 rings (SSSR count). The molecule has 2 fully saturated rings. The molecule has 21 heavy (non-hydrogen) atoms. The van der Waals surface area contributed by atoms with E-state index >= 15 is 0 Å². The fourth-order valence-corrected chi connectivity index (χ4v) is 4.09. The molecular weight excluding hydrogens is 260 g/mol. The molecule has 122 valence electrons. The van der Waals surface area contributed by atoms with Gasteiger partial charge in [-0.2, -0.15) is 0 Å². The number of hydrogen-bond acceptors (Lipinski definition) is 2. The minimum atomic E-state index is -0.0567. The minimum Gasteiger partial charge on any atom is -0.352 e. The van der Waals surface area contributed by atoms with Gasteiger partial charge in [0.05, 0.1) is 6.04 Å². The lowest BCUT2D eigenvalue weighted by Gasteiger charge is -2.33. The predicted octanol–water partition coefficient (Wildman–Crippen LogP) is 3.77. The summed E-state index contributed by atoms with van der Waals surface area (Å²) in [5.41, 5.74) is 0. The van der Waals surface area contributed by atoms with Crippen molar-refractivity contribution in [2.75, 3.05) is 0 Å².